The first-order chi connectivity index (χ1) is 19.5. The minimum atomic E-state index is -0.745. The van der Waals surface area contributed by atoms with Crippen LogP contribution in [0.3, 0.4) is 0 Å². The largest absolute Gasteiger partial charge is 0.481 e. The first kappa shape index (κ1) is 28.1. The van der Waals surface area contributed by atoms with E-state index >= 15 is 0 Å². The van der Waals surface area contributed by atoms with E-state index in [9.17, 15) is 9.90 Å². The first-order valence-corrected chi connectivity index (χ1v) is 14.5. The predicted octanol–water partition coefficient (Wildman–Crippen LogP) is 7.55. The molecule has 1 saturated carbocycles. The summed E-state index contributed by atoms with van der Waals surface area (Å²) < 4.78 is 6.39. The quantitative estimate of drug-likeness (QED) is 0.185. The summed E-state index contributed by atoms with van der Waals surface area (Å²) in [5, 5.41) is 20.0. The van der Waals surface area contributed by atoms with Gasteiger partial charge < -0.3 is 14.9 Å². The highest BCUT2D eigenvalue weighted by Gasteiger charge is 2.58. The van der Waals surface area contributed by atoms with Crippen LogP contribution in [0.5, 0.6) is 0 Å². The average Bonchev–Trinajstić information content (AvgIpc) is 3.56. The van der Waals surface area contributed by atoms with Crippen LogP contribution in [0.4, 0.5) is 0 Å². The third-order valence-corrected chi connectivity index (χ3v) is 8.98. The van der Waals surface area contributed by atoms with Crippen molar-refractivity contribution in [2.24, 2.45) is 11.8 Å². The number of carboxylic acid groups (broad SMARTS) is 1. The van der Waals surface area contributed by atoms with Crippen LogP contribution in [0.25, 0.3) is 11.1 Å². The van der Waals surface area contributed by atoms with Crippen molar-refractivity contribution in [3.05, 3.63) is 120 Å². The van der Waals surface area contributed by atoms with Crippen molar-refractivity contribution in [1.29, 1.82) is 0 Å². The summed E-state index contributed by atoms with van der Waals surface area (Å²) in [6.07, 6.45) is 11.6. The Morgan fingerprint density at radius 3 is 2.35 bits per heavy atom. The van der Waals surface area contributed by atoms with E-state index in [-0.39, 0.29) is 29.8 Å². The third kappa shape index (κ3) is 6.14. The van der Waals surface area contributed by atoms with Crippen molar-refractivity contribution in [2.45, 2.75) is 62.6 Å². The molecule has 1 aliphatic heterocycles. The molecule has 5 rings (SSSR count). The molecular formula is C36H40O4. The summed E-state index contributed by atoms with van der Waals surface area (Å²) in [6, 6.07) is 29.6. The fourth-order valence-corrected chi connectivity index (χ4v) is 6.64. The summed E-state index contributed by atoms with van der Waals surface area (Å²) in [6.45, 7) is 2.77. The number of allylic oxidation sites excluding steroid dienone is 2. The van der Waals surface area contributed by atoms with Gasteiger partial charge in [-0.25, -0.2) is 0 Å². The van der Waals surface area contributed by atoms with Gasteiger partial charge in [0, 0.05) is 23.7 Å². The lowest BCUT2D eigenvalue weighted by Gasteiger charge is -2.38. The Morgan fingerprint density at radius 1 is 0.975 bits per heavy atom. The second kappa shape index (κ2) is 12.8. The van der Waals surface area contributed by atoms with Gasteiger partial charge in [-0.1, -0.05) is 116 Å². The molecule has 0 aromatic heterocycles. The molecule has 6 atom stereocenters. The molecule has 2 aliphatic rings. The lowest BCUT2D eigenvalue weighted by molar-refractivity contribution is -0.137. The Morgan fingerprint density at radius 2 is 1.65 bits per heavy atom. The van der Waals surface area contributed by atoms with Crippen LogP contribution < -0.4 is 0 Å². The van der Waals surface area contributed by atoms with Crippen molar-refractivity contribution in [3.63, 3.8) is 0 Å². The monoisotopic (exact) mass is 536 g/mol. The second-order valence-corrected chi connectivity index (χ2v) is 11.4. The molecule has 1 aliphatic carbocycles. The van der Waals surface area contributed by atoms with Crippen LogP contribution in [0.1, 0.15) is 56.1 Å². The number of aliphatic hydroxyl groups excluding tert-OH is 1. The van der Waals surface area contributed by atoms with E-state index in [1.54, 1.807) is 0 Å². The first-order valence-electron chi connectivity index (χ1n) is 14.5. The normalized spacial score (nSPS) is 25.5. The second-order valence-electron chi connectivity index (χ2n) is 11.4. The van der Waals surface area contributed by atoms with Crippen molar-refractivity contribution >= 4 is 5.97 Å². The van der Waals surface area contributed by atoms with Crippen LogP contribution in [0.2, 0.25) is 0 Å². The van der Waals surface area contributed by atoms with Crippen molar-refractivity contribution < 1.29 is 19.7 Å². The third-order valence-electron chi connectivity index (χ3n) is 8.98. The minimum absolute atomic E-state index is 0.00373. The van der Waals surface area contributed by atoms with Gasteiger partial charge in [-0.15, -0.1) is 0 Å². The molecular weight excluding hydrogens is 496 g/mol. The number of ether oxygens (including phenoxy) is 1. The zero-order chi connectivity index (χ0) is 28.0. The zero-order valence-corrected chi connectivity index (χ0v) is 23.2. The molecule has 3 aromatic carbocycles. The Hall–Kier alpha value is -3.47. The van der Waals surface area contributed by atoms with Gasteiger partial charge in [0.05, 0.1) is 18.8 Å². The van der Waals surface area contributed by atoms with Gasteiger partial charge in [-0.3, -0.25) is 4.79 Å². The van der Waals surface area contributed by atoms with Gasteiger partial charge in [-0.2, -0.15) is 0 Å². The molecule has 0 radical (unpaired) electrons. The Labute approximate surface area is 238 Å². The molecule has 0 amide bonds. The van der Waals surface area contributed by atoms with Gasteiger partial charge in [0.1, 0.15) is 0 Å². The number of hydrogen-bond acceptors (Lipinski definition) is 3. The molecule has 4 heteroatoms. The topological polar surface area (TPSA) is 66.8 Å². The fourth-order valence-electron chi connectivity index (χ4n) is 6.64. The maximum Gasteiger partial charge on any atom is 0.303 e. The van der Waals surface area contributed by atoms with E-state index in [1.807, 2.05) is 30.3 Å². The minimum Gasteiger partial charge on any atom is -0.481 e. The number of unbranched alkanes of at least 4 members (excludes halogenated alkanes) is 1. The molecule has 1 unspecified atom stereocenters. The van der Waals surface area contributed by atoms with Gasteiger partial charge in [0.15, 0.2) is 0 Å². The number of rotatable bonds is 12. The number of carbonyl (C=O) groups is 1. The Balaban J connectivity index is 1.37. The number of hydrogen-bond donors (Lipinski definition) is 2. The molecule has 1 saturated heterocycles. The fraction of sp³-hybridized carbons (Fsp3) is 0.361. The summed E-state index contributed by atoms with van der Waals surface area (Å²) in [5.41, 5.74) is 4.77. The van der Waals surface area contributed by atoms with Gasteiger partial charge >= 0.3 is 5.97 Å². The van der Waals surface area contributed by atoms with Crippen LogP contribution in [-0.4, -0.2) is 35.0 Å². The van der Waals surface area contributed by atoms with Gasteiger partial charge in [0.25, 0.3) is 0 Å². The number of aliphatic hydroxyl groups is 1. The highest BCUT2D eigenvalue weighted by atomic mass is 16.5. The summed E-state index contributed by atoms with van der Waals surface area (Å²) in [4.78, 5) is 10.9. The van der Waals surface area contributed by atoms with E-state index in [0.717, 1.165) is 24.8 Å². The number of benzene rings is 3. The standard InChI is InChI=1S/C36H40O4/c1-26(27-12-6-4-7-13-27)33(37)23-22-31-32(16-10-2-3-11-17-35(38)39)36(24-34(31)40-25-36)30-20-18-29(19-21-30)28-14-8-5-9-15-28/h2,4-10,12-15,18-23,26,31-34,37H,3,11,16-17,24-25H2,1H3,(H,38,39)/t26?,31-,32-,33+,34-,36-/m0/s1. The number of aliphatic carboxylic acids is 1. The molecule has 0 spiro atoms. The molecule has 4 nitrogen and oxygen atoms in total. The molecule has 1 heterocycles. The lowest BCUT2D eigenvalue weighted by atomic mass is 9.69. The highest BCUT2D eigenvalue weighted by Crippen LogP contribution is 2.57. The number of carboxylic acids is 1. The molecule has 2 fully saturated rings. The van der Waals surface area contributed by atoms with E-state index in [4.69, 9.17) is 9.84 Å². The van der Waals surface area contributed by atoms with Crippen LogP contribution in [-0.2, 0) is 14.9 Å². The van der Waals surface area contributed by atoms with Crippen molar-refractivity contribution in [2.75, 3.05) is 6.61 Å². The smallest absolute Gasteiger partial charge is 0.303 e. The lowest BCUT2D eigenvalue weighted by Crippen LogP contribution is -2.39. The number of fused-ring (bicyclic) bond motifs is 2. The van der Waals surface area contributed by atoms with Crippen molar-refractivity contribution in [3.8, 4) is 11.1 Å². The predicted molar refractivity (Wildman–Crippen MR) is 160 cm³/mol. The van der Waals surface area contributed by atoms with Crippen LogP contribution >= 0.6 is 0 Å². The van der Waals surface area contributed by atoms with Gasteiger partial charge in [0.2, 0.25) is 0 Å². The van der Waals surface area contributed by atoms with E-state index in [2.05, 4.69) is 85.8 Å². The van der Waals surface area contributed by atoms with Crippen LogP contribution in [0.15, 0.2) is 109 Å². The highest BCUT2D eigenvalue weighted by molar-refractivity contribution is 5.66. The maximum atomic E-state index is 11.0. The van der Waals surface area contributed by atoms with E-state index in [1.165, 1.54) is 16.7 Å². The summed E-state index contributed by atoms with van der Waals surface area (Å²) in [7, 11) is 0. The van der Waals surface area contributed by atoms with E-state index < -0.39 is 12.1 Å². The molecule has 2 bridgehead atoms. The molecule has 40 heavy (non-hydrogen) atoms. The molecule has 208 valence electrons. The van der Waals surface area contributed by atoms with Crippen molar-refractivity contribution in [1.82, 2.24) is 0 Å². The zero-order valence-electron chi connectivity index (χ0n) is 23.2. The summed E-state index contributed by atoms with van der Waals surface area (Å²) in [5.74, 6) is -0.210. The molecule has 3 aromatic rings. The van der Waals surface area contributed by atoms with E-state index in [0.29, 0.717) is 18.9 Å². The molecule has 2 N–H and O–H groups in total. The SMILES string of the molecule is CC(c1ccccc1)[C@H](O)C=C[C@@H]1[C@@H]2C[C@@](c3ccc(-c4ccccc4)cc3)(CO2)[C@H]1CC=CCCCC(=O)O. The Kier molecular flexibility index (Phi) is 8.98. The summed E-state index contributed by atoms with van der Waals surface area (Å²) >= 11 is 0. The maximum absolute atomic E-state index is 11.0. The van der Waals surface area contributed by atoms with Crippen LogP contribution in [0, 0.1) is 11.8 Å². The Bertz CT molecular complexity index is 1300. The van der Waals surface area contributed by atoms with Gasteiger partial charge in [-0.05, 0) is 53.9 Å². The average molecular weight is 537 g/mol.